The second-order valence-electron chi connectivity index (χ2n) is 9.34. The lowest BCUT2D eigenvalue weighted by Gasteiger charge is -2.36. The predicted octanol–water partition coefficient (Wildman–Crippen LogP) is 3.29. The van der Waals surface area contributed by atoms with Gasteiger partial charge in [0.2, 0.25) is 0 Å². The van der Waals surface area contributed by atoms with E-state index < -0.39 is 41.7 Å². The minimum atomic E-state index is -3.03. The van der Waals surface area contributed by atoms with Crippen molar-refractivity contribution in [1.82, 2.24) is 9.80 Å². The van der Waals surface area contributed by atoms with Gasteiger partial charge in [-0.15, -0.1) is 0 Å². The molecule has 0 aromatic heterocycles. The zero-order valence-electron chi connectivity index (χ0n) is 17.3. The molecule has 0 saturated carbocycles. The maximum absolute atomic E-state index is 14.8. The number of ether oxygens (including phenoxy) is 2. The highest BCUT2D eigenvalue weighted by atomic mass is 19.3. The zero-order valence-corrected chi connectivity index (χ0v) is 17.3. The second-order valence-corrected chi connectivity index (χ2v) is 9.34. The van der Waals surface area contributed by atoms with Crippen LogP contribution in [0.4, 0.5) is 13.6 Å². The fraction of sp³-hybridized carbons (Fsp3) is 0.895. The average Bonchev–Trinajstić information content (AvgIpc) is 3.04. The first-order valence-corrected chi connectivity index (χ1v) is 9.41. The predicted molar refractivity (Wildman–Crippen MR) is 96.7 cm³/mol. The van der Waals surface area contributed by atoms with Crippen molar-refractivity contribution in [3.8, 4) is 0 Å². The van der Waals surface area contributed by atoms with Gasteiger partial charge in [0, 0.05) is 12.6 Å². The molecule has 2 fully saturated rings. The van der Waals surface area contributed by atoms with Crippen LogP contribution in [0, 0.1) is 5.41 Å². The molecule has 3 atom stereocenters. The third kappa shape index (κ3) is 4.52. The number of esters is 1. The molecule has 0 radical (unpaired) electrons. The number of rotatable bonds is 4. The van der Waals surface area contributed by atoms with Gasteiger partial charge in [-0.1, -0.05) is 0 Å². The van der Waals surface area contributed by atoms with Crippen LogP contribution < -0.4 is 0 Å². The van der Waals surface area contributed by atoms with Crippen molar-refractivity contribution >= 4 is 12.1 Å². The normalized spacial score (nSPS) is 26.6. The first-order valence-electron chi connectivity index (χ1n) is 9.41. The molecule has 0 bridgehead atoms. The smallest absolute Gasteiger partial charge is 0.410 e. The van der Waals surface area contributed by atoms with E-state index in [1.165, 1.54) is 12.0 Å². The summed E-state index contributed by atoms with van der Waals surface area (Å²) in [5, 5.41) is 0. The summed E-state index contributed by atoms with van der Waals surface area (Å²) in [6.45, 7) is 10.3. The molecule has 0 aromatic rings. The van der Waals surface area contributed by atoms with Gasteiger partial charge in [0.15, 0.2) is 0 Å². The fourth-order valence-corrected chi connectivity index (χ4v) is 4.32. The molecule has 0 aliphatic carbocycles. The minimum Gasteiger partial charge on any atom is -0.469 e. The van der Waals surface area contributed by atoms with Crippen LogP contribution >= 0.6 is 0 Å². The molecule has 0 spiro atoms. The Hall–Kier alpha value is -1.44. The van der Waals surface area contributed by atoms with E-state index in [2.05, 4.69) is 0 Å². The van der Waals surface area contributed by atoms with Gasteiger partial charge < -0.3 is 9.47 Å². The number of alkyl halides is 2. The SMILES string of the molecule is COC(=O)C(C)(C)C[C@H](C)N1CC[C@H]2[C@@H]1C(F)(F)CN2C(=O)OC(C)(C)C. The van der Waals surface area contributed by atoms with E-state index in [-0.39, 0.29) is 12.0 Å². The van der Waals surface area contributed by atoms with Crippen LogP contribution in [0.3, 0.4) is 0 Å². The number of likely N-dealkylation sites (tertiary alicyclic amines) is 2. The van der Waals surface area contributed by atoms with E-state index in [0.717, 1.165) is 0 Å². The Morgan fingerprint density at radius 3 is 2.33 bits per heavy atom. The van der Waals surface area contributed by atoms with Crippen molar-refractivity contribution in [3.63, 3.8) is 0 Å². The molecule has 0 N–H and O–H groups in total. The number of hydrogen-bond donors (Lipinski definition) is 0. The summed E-state index contributed by atoms with van der Waals surface area (Å²) in [7, 11) is 1.32. The molecular weight excluding hydrogens is 358 g/mol. The highest BCUT2D eigenvalue weighted by Gasteiger charge is 2.62. The van der Waals surface area contributed by atoms with Gasteiger partial charge in [0.25, 0.3) is 5.92 Å². The molecule has 2 heterocycles. The first kappa shape index (κ1) is 21.9. The second kappa shape index (κ2) is 7.18. The van der Waals surface area contributed by atoms with Crippen LogP contribution in [0.5, 0.6) is 0 Å². The molecule has 8 heteroatoms. The molecule has 2 rings (SSSR count). The van der Waals surface area contributed by atoms with Gasteiger partial charge in [-0.05, 0) is 54.4 Å². The van der Waals surface area contributed by atoms with Gasteiger partial charge in [-0.25, -0.2) is 13.6 Å². The van der Waals surface area contributed by atoms with Crippen molar-refractivity contribution in [1.29, 1.82) is 0 Å². The maximum atomic E-state index is 14.8. The summed E-state index contributed by atoms with van der Waals surface area (Å²) < 4.78 is 39.8. The van der Waals surface area contributed by atoms with Crippen LogP contribution in [-0.2, 0) is 14.3 Å². The molecule has 1 amide bonds. The van der Waals surface area contributed by atoms with E-state index in [1.807, 2.05) is 6.92 Å². The third-order valence-electron chi connectivity index (χ3n) is 5.36. The molecule has 2 aliphatic heterocycles. The van der Waals surface area contributed by atoms with Crippen LogP contribution in [0.15, 0.2) is 0 Å². The van der Waals surface area contributed by atoms with Crippen LogP contribution in [-0.4, -0.2) is 71.7 Å². The Morgan fingerprint density at radius 1 is 1.22 bits per heavy atom. The largest absolute Gasteiger partial charge is 0.469 e. The van der Waals surface area contributed by atoms with Crippen molar-refractivity contribution in [2.24, 2.45) is 5.41 Å². The number of carbonyl (C=O) groups is 2. The first-order chi connectivity index (χ1) is 12.2. The monoisotopic (exact) mass is 390 g/mol. The van der Waals surface area contributed by atoms with Crippen LogP contribution in [0.1, 0.15) is 54.4 Å². The molecule has 2 aliphatic rings. The van der Waals surface area contributed by atoms with Crippen molar-refractivity contribution < 1.29 is 27.8 Å². The zero-order chi connectivity index (χ0) is 20.8. The molecule has 27 heavy (non-hydrogen) atoms. The standard InChI is InChI=1S/C19H32F2N2O4/c1-12(10-18(5,6)15(24)26-7)22-9-8-13-14(22)19(20,21)11-23(13)16(25)27-17(2,3)4/h12-14H,8-11H2,1-7H3/t12-,13-,14+/m0/s1. The lowest BCUT2D eigenvalue weighted by molar-refractivity contribution is -0.152. The number of methoxy groups -OCH3 is 1. The summed E-state index contributed by atoms with van der Waals surface area (Å²) in [6, 6.07) is -1.90. The summed E-state index contributed by atoms with van der Waals surface area (Å²) in [5.74, 6) is -3.39. The highest BCUT2D eigenvalue weighted by molar-refractivity contribution is 5.75. The lowest BCUT2D eigenvalue weighted by Crippen LogP contribution is -2.50. The van der Waals surface area contributed by atoms with E-state index >= 15 is 0 Å². The van der Waals surface area contributed by atoms with E-state index in [0.29, 0.717) is 19.4 Å². The maximum Gasteiger partial charge on any atom is 0.410 e. The molecule has 0 aromatic carbocycles. The van der Waals surface area contributed by atoms with Crippen LogP contribution in [0.2, 0.25) is 0 Å². The Morgan fingerprint density at radius 2 is 1.81 bits per heavy atom. The quantitative estimate of drug-likeness (QED) is 0.690. The Balaban J connectivity index is 2.16. The summed E-state index contributed by atoms with van der Waals surface area (Å²) >= 11 is 0. The number of nitrogens with zero attached hydrogens (tertiary/aromatic N) is 2. The van der Waals surface area contributed by atoms with E-state index in [4.69, 9.17) is 9.47 Å². The number of fused-ring (bicyclic) bond motifs is 1. The summed E-state index contributed by atoms with van der Waals surface area (Å²) in [5.41, 5.74) is -1.51. The average molecular weight is 390 g/mol. The lowest BCUT2D eigenvalue weighted by atomic mass is 9.85. The topological polar surface area (TPSA) is 59.1 Å². The van der Waals surface area contributed by atoms with E-state index in [9.17, 15) is 18.4 Å². The summed E-state index contributed by atoms with van der Waals surface area (Å²) in [6.07, 6.45) is 0.160. The highest BCUT2D eigenvalue weighted by Crippen LogP contribution is 2.44. The minimum absolute atomic E-state index is 0.251. The van der Waals surface area contributed by atoms with Gasteiger partial charge in [0.05, 0.1) is 31.2 Å². The van der Waals surface area contributed by atoms with Crippen LogP contribution in [0.25, 0.3) is 0 Å². The number of amides is 1. The van der Waals surface area contributed by atoms with Crippen molar-refractivity contribution in [2.45, 2.75) is 84.0 Å². The number of carbonyl (C=O) groups excluding carboxylic acids is 2. The van der Waals surface area contributed by atoms with Gasteiger partial charge in [-0.3, -0.25) is 14.6 Å². The fourth-order valence-electron chi connectivity index (χ4n) is 4.32. The molecular formula is C19H32F2N2O4. The molecule has 0 unspecified atom stereocenters. The number of halogens is 2. The Bertz CT molecular complexity index is 589. The van der Waals surface area contributed by atoms with Gasteiger partial charge in [-0.2, -0.15) is 0 Å². The van der Waals surface area contributed by atoms with Gasteiger partial charge >= 0.3 is 12.1 Å². The third-order valence-corrected chi connectivity index (χ3v) is 5.36. The van der Waals surface area contributed by atoms with Crippen molar-refractivity contribution in [2.75, 3.05) is 20.2 Å². The Kier molecular flexibility index (Phi) is 5.82. The van der Waals surface area contributed by atoms with Gasteiger partial charge in [0.1, 0.15) is 5.60 Å². The summed E-state index contributed by atoms with van der Waals surface area (Å²) in [4.78, 5) is 27.3. The molecule has 156 valence electrons. The number of hydrogen-bond acceptors (Lipinski definition) is 5. The Labute approximate surface area is 160 Å². The molecule has 2 saturated heterocycles. The van der Waals surface area contributed by atoms with Crippen molar-refractivity contribution in [3.05, 3.63) is 0 Å². The van der Waals surface area contributed by atoms with E-state index in [1.54, 1.807) is 39.5 Å². The molecule has 6 nitrogen and oxygen atoms in total.